The topological polar surface area (TPSA) is 40.5 Å². The molecule has 0 aromatic heterocycles. The Morgan fingerprint density at radius 2 is 1.93 bits per heavy atom. The number of carbonyl (C=O) groups excluding carboxylic acids is 1. The maximum atomic E-state index is 12.3. The third-order valence-corrected chi connectivity index (χ3v) is 6.56. The molecule has 0 radical (unpaired) electrons. The van der Waals surface area contributed by atoms with Crippen LogP contribution in [0.4, 0.5) is 0 Å². The zero-order chi connectivity index (χ0) is 20.6. The molecule has 3 nitrogen and oxygen atoms in total. The quantitative estimate of drug-likeness (QED) is 0.332. The first-order valence-electron chi connectivity index (χ1n) is 11.3. The first kappa shape index (κ1) is 22.0. The minimum Gasteiger partial charge on any atom is -0.392 e. The first-order valence-corrected chi connectivity index (χ1v) is 11.3. The van der Waals surface area contributed by atoms with Crippen LogP contribution >= 0.6 is 0 Å². The van der Waals surface area contributed by atoms with Gasteiger partial charge < -0.3 is 10.0 Å². The molecular formula is C26H37NO2. The van der Waals surface area contributed by atoms with Gasteiger partial charge in [0.05, 0.1) is 6.10 Å². The van der Waals surface area contributed by atoms with Gasteiger partial charge in [-0.15, -0.1) is 0 Å². The summed E-state index contributed by atoms with van der Waals surface area (Å²) in [5.41, 5.74) is 2.77. The predicted molar refractivity (Wildman–Crippen MR) is 120 cm³/mol. The van der Waals surface area contributed by atoms with Gasteiger partial charge in [-0.1, -0.05) is 54.5 Å². The summed E-state index contributed by atoms with van der Waals surface area (Å²) < 4.78 is 0. The number of aryl methyl sites for hydroxylation is 1. The molecule has 29 heavy (non-hydrogen) atoms. The molecule has 3 heteroatoms. The number of carbonyl (C=O) groups is 1. The molecule has 2 aliphatic carbocycles. The first-order chi connectivity index (χ1) is 14.0. The van der Waals surface area contributed by atoms with Crippen molar-refractivity contribution in [1.29, 1.82) is 0 Å². The normalized spacial score (nSPS) is 26.3. The molecule has 3 rings (SSSR count). The van der Waals surface area contributed by atoms with Crippen LogP contribution in [0, 0.1) is 17.8 Å². The minimum atomic E-state index is -0.305. The van der Waals surface area contributed by atoms with Crippen LogP contribution in [0.25, 0.3) is 0 Å². The number of allylic oxidation sites excluding steroid dienone is 3. The van der Waals surface area contributed by atoms with E-state index in [1.165, 1.54) is 37.8 Å². The SMILES string of the molecule is CN(C)CCCCCC1=C[C@H]2C[C@@H](O)[C@H](C=CC(=O)CCc3ccccc3)[C@H]2C1. The molecule has 1 aromatic rings. The number of ketones is 1. The molecule has 1 N–H and O–H groups in total. The van der Waals surface area contributed by atoms with Crippen molar-refractivity contribution in [3.05, 3.63) is 59.7 Å². The van der Waals surface area contributed by atoms with E-state index in [9.17, 15) is 9.90 Å². The van der Waals surface area contributed by atoms with E-state index in [0.717, 1.165) is 19.3 Å². The Kier molecular flexibility index (Phi) is 8.26. The van der Waals surface area contributed by atoms with Crippen LogP contribution in [-0.4, -0.2) is 42.5 Å². The monoisotopic (exact) mass is 395 g/mol. The lowest BCUT2D eigenvalue weighted by atomic mass is 9.88. The summed E-state index contributed by atoms with van der Waals surface area (Å²) in [6, 6.07) is 10.1. The maximum absolute atomic E-state index is 12.3. The standard InChI is InChI=1S/C26H37NO2/c1-27(2)16-8-4-7-11-21-17-22-19-26(29)24(25(22)18-21)15-14-23(28)13-12-20-9-5-3-6-10-20/h3,5-6,9-10,14-15,17,22,24-26,29H,4,7-8,11-13,16,18-19H2,1-2H3/t22-,24+,25-,26+/m0/s1. The number of aliphatic hydroxyl groups excluding tert-OH is 1. The van der Waals surface area contributed by atoms with E-state index in [1.54, 1.807) is 11.6 Å². The fourth-order valence-corrected chi connectivity index (χ4v) is 4.96. The van der Waals surface area contributed by atoms with E-state index >= 15 is 0 Å². The van der Waals surface area contributed by atoms with Crippen molar-refractivity contribution in [2.24, 2.45) is 17.8 Å². The van der Waals surface area contributed by atoms with Gasteiger partial charge in [-0.2, -0.15) is 0 Å². The van der Waals surface area contributed by atoms with Crippen molar-refractivity contribution in [3.63, 3.8) is 0 Å². The van der Waals surface area contributed by atoms with Crippen LogP contribution < -0.4 is 0 Å². The number of hydrogen-bond acceptors (Lipinski definition) is 3. The highest BCUT2D eigenvalue weighted by Crippen LogP contribution is 2.48. The third-order valence-electron chi connectivity index (χ3n) is 6.56. The van der Waals surface area contributed by atoms with Gasteiger partial charge in [0.2, 0.25) is 0 Å². The van der Waals surface area contributed by atoms with E-state index in [4.69, 9.17) is 0 Å². The number of hydrogen-bond donors (Lipinski definition) is 1. The van der Waals surface area contributed by atoms with E-state index in [2.05, 4.69) is 37.2 Å². The highest BCUT2D eigenvalue weighted by atomic mass is 16.3. The molecule has 0 unspecified atom stereocenters. The molecule has 0 saturated heterocycles. The molecule has 0 bridgehead atoms. The summed E-state index contributed by atoms with van der Waals surface area (Å²) in [6.07, 6.45) is 14.2. The van der Waals surface area contributed by atoms with E-state index < -0.39 is 0 Å². The highest BCUT2D eigenvalue weighted by Gasteiger charge is 2.43. The molecule has 0 spiro atoms. The molecule has 4 atom stereocenters. The number of nitrogens with zero attached hydrogens (tertiary/aromatic N) is 1. The zero-order valence-corrected chi connectivity index (χ0v) is 18.1. The molecule has 0 amide bonds. The summed E-state index contributed by atoms with van der Waals surface area (Å²) in [5, 5.41) is 10.5. The number of benzene rings is 1. The summed E-state index contributed by atoms with van der Waals surface area (Å²) in [7, 11) is 4.26. The molecule has 1 aromatic carbocycles. The van der Waals surface area contributed by atoms with Crippen LogP contribution in [0.1, 0.15) is 50.5 Å². The fourth-order valence-electron chi connectivity index (χ4n) is 4.96. The van der Waals surface area contributed by atoms with Gasteiger partial charge >= 0.3 is 0 Å². The van der Waals surface area contributed by atoms with Crippen LogP contribution in [0.2, 0.25) is 0 Å². The number of rotatable bonds is 11. The van der Waals surface area contributed by atoms with Gasteiger partial charge in [0.15, 0.2) is 5.78 Å². The van der Waals surface area contributed by atoms with E-state index in [-0.39, 0.29) is 17.8 Å². The average molecular weight is 396 g/mol. The maximum Gasteiger partial charge on any atom is 0.155 e. The van der Waals surface area contributed by atoms with Crippen LogP contribution in [0.3, 0.4) is 0 Å². The third kappa shape index (κ3) is 6.65. The van der Waals surface area contributed by atoms with Crippen molar-refractivity contribution in [1.82, 2.24) is 4.90 Å². The summed E-state index contributed by atoms with van der Waals surface area (Å²) in [5.74, 6) is 1.27. The molecule has 0 heterocycles. The van der Waals surface area contributed by atoms with Gasteiger partial charge in [0.25, 0.3) is 0 Å². The Morgan fingerprint density at radius 3 is 2.69 bits per heavy atom. The Hall–Kier alpha value is -1.71. The minimum absolute atomic E-state index is 0.128. The number of unbranched alkanes of at least 4 members (excludes halogenated alkanes) is 2. The summed E-state index contributed by atoms with van der Waals surface area (Å²) in [6.45, 7) is 1.17. The Bertz CT molecular complexity index is 707. The number of fused-ring (bicyclic) bond motifs is 1. The lowest BCUT2D eigenvalue weighted by Crippen LogP contribution is -2.17. The summed E-state index contributed by atoms with van der Waals surface area (Å²) in [4.78, 5) is 14.6. The Balaban J connectivity index is 1.43. The fraction of sp³-hybridized carbons (Fsp3) is 0.577. The van der Waals surface area contributed by atoms with Gasteiger partial charge in [-0.25, -0.2) is 0 Å². The predicted octanol–water partition coefficient (Wildman–Crippen LogP) is 4.81. The van der Waals surface area contributed by atoms with Crippen molar-refractivity contribution in [2.75, 3.05) is 20.6 Å². The number of aliphatic hydroxyl groups is 1. The molecule has 158 valence electrons. The van der Waals surface area contributed by atoms with Crippen molar-refractivity contribution in [2.45, 2.75) is 57.5 Å². The second kappa shape index (κ2) is 10.9. The van der Waals surface area contributed by atoms with Crippen molar-refractivity contribution < 1.29 is 9.90 Å². The second-order valence-corrected chi connectivity index (χ2v) is 9.16. The van der Waals surface area contributed by atoms with Gasteiger partial charge in [-0.05, 0) is 82.6 Å². The van der Waals surface area contributed by atoms with Crippen molar-refractivity contribution in [3.8, 4) is 0 Å². The van der Waals surface area contributed by atoms with E-state index in [0.29, 0.717) is 18.3 Å². The van der Waals surface area contributed by atoms with Crippen LogP contribution in [0.15, 0.2) is 54.1 Å². The van der Waals surface area contributed by atoms with Crippen LogP contribution in [0.5, 0.6) is 0 Å². The molecule has 0 aliphatic heterocycles. The summed E-state index contributed by atoms with van der Waals surface area (Å²) >= 11 is 0. The Labute approximate surface area is 176 Å². The lowest BCUT2D eigenvalue weighted by molar-refractivity contribution is -0.114. The highest BCUT2D eigenvalue weighted by molar-refractivity contribution is 5.89. The molecular weight excluding hydrogens is 358 g/mol. The van der Waals surface area contributed by atoms with Crippen molar-refractivity contribution >= 4 is 5.78 Å². The largest absolute Gasteiger partial charge is 0.392 e. The van der Waals surface area contributed by atoms with Gasteiger partial charge in [0, 0.05) is 12.3 Å². The molecule has 2 aliphatic rings. The van der Waals surface area contributed by atoms with E-state index in [1.807, 2.05) is 24.3 Å². The Morgan fingerprint density at radius 1 is 1.14 bits per heavy atom. The molecule has 1 saturated carbocycles. The second-order valence-electron chi connectivity index (χ2n) is 9.16. The average Bonchev–Trinajstić information content (AvgIpc) is 3.21. The smallest absolute Gasteiger partial charge is 0.155 e. The van der Waals surface area contributed by atoms with Gasteiger partial charge in [0.1, 0.15) is 0 Å². The zero-order valence-electron chi connectivity index (χ0n) is 18.1. The van der Waals surface area contributed by atoms with Crippen LogP contribution in [-0.2, 0) is 11.2 Å². The molecule has 1 fully saturated rings. The van der Waals surface area contributed by atoms with Gasteiger partial charge in [-0.3, -0.25) is 4.79 Å². The lowest BCUT2D eigenvalue weighted by Gasteiger charge is -2.18.